The Bertz CT molecular complexity index is 524. The first-order valence-electron chi connectivity index (χ1n) is 7.82. The Morgan fingerprint density at radius 3 is 1.78 bits per heavy atom. The Morgan fingerprint density at radius 1 is 0.741 bits per heavy atom. The predicted octanol–water partition coefficient (Wildman–Crippen LogP) is -5.28. The van der Waals surface area contributed by atoms with Gasteiger partial charge in [0.1, 0.15) is 48.8 Å². The quantitative estimate of drug-likeness (QED) is 0.182. The molecule has 2 rings (SSSR count). The standard InChI is InChI=1S/C12H23O14P/c13-1-3-5(15)6(16)8(18)11(23-3)25-10-4(2-14)24-12(9(19)7(10)17)26-27(20,21)22/h3-19H,1-2H2,(H2,20,21,22)/t3-,4+,5-,6+,7+,8+,9+,10+,11+,12-/m1/s1. The van der Waals surface area contributed by atoms with E-state index in [1.807, 2.05) is 0 Å². The van der Waals surface area contributed by atoms with Crippen molar-refractivity contribution in [2.75, 3.05) is 13.2 Å². The summed E-state index contributed by atoms with van der Waals surface area (Å²) in [7, 11) is -5.10. The van der Waals surface area contributed by atoms with Crippen molar-refractivity contribution in [3.63, 3.8) is 0 Å². The van der Waals surface area contributed by atoms with E-state index in [2.05, 4.69) is 4.52 Å². The molecule has 9 N–H and O–H groups in total. The van der Waals surface area contributed by atoms with Crippen molar-refractivity contribution >= 4 is 7.82 Å². The summed E-state index contributed by atoms with van der Waals surface area (Å²) in [5, 5.41) is 68.0. The SMILES string of the molecule is O=P(O)(O)O[C@H]1O[C@@H](CO)[C@H](O[C@@H]2O[C@H](CO)[C@@H](O)[C@H](O)[C@@H]2O)[C@@H](O)[C@@H]1O. The highest BCUT2D eigenvalue weighted by atomic mass is 31.2. The lowest BCUT2D eigenvalue weighted by Gasteiger charge is -2.45. The molecule has 2 fully saturated rings. The molecule has 27 heavy (non-hydrogen) atoms. The van der Waals surface area contributed by atoms with Crippen LogP contribution in [0.2, 0.25) is 0 Å². The van der Waals surface area contributed by atoms with Crippen LogP contribution in [0, 0.1) is 0 Å². The number of phosphoric acid groups is 1. The van der Waals surface area contributed by atoms with Gasteiger partial charge in [0.2, 0.25) is 0 Å². The van der Waals surface area contributed by atoms with Crippen LogP contribution in [0.25, 0.3) is 0 Å². The maximum Gasteiger partial charge on any atom is 0.472 e. The maximum absolute atomic E-state index is 10.9. The van der Waals surface area contributed by atoms with E-state index in [1.165, 1.54) is 0 Å². The Balaban J connectivity index is 2.14. The van der Waals surface area contributed by atoms with Crippen LogP contribution in [0.15, 0.2) is 0 Å². The second kappa shape index (κ2) is 9.02. The van der Waals surface area contributed by atoms with E-state index in [0.717, 1.165) is 0 Å². The molecule has 14 nitrogen and oxygen atoms in total. The van der Waals surface area contributed by atoms with Gasteiger partial charge in [-0.25, -0.2) is 4.57 Å². The highest BCUT2D eigenvalue weighted by Crippen LogP contribution is 2.41. The van der Waals surface area contributed by atoms with E-state index < -0.39 is 82.4 Å². The highest BCUT2D eigenvalue weighted by Gasteiger charge is 2.51. The van der Waals surface area contributed by atoms with Gasteiger partial charge in [-0.2, -0.15) is 0 Å². The third kappa shape index (κ3) is 5.20. The van der Waals surface area contributed by atoms with Crippen LogP contribution >= 0.6 is 7.82 Å². The zero-order valence-electron chi connectivity index (χ0n) is 13.7. The lowest BCUT2D eigenvalue weighted by Crippen LogP contribution is -2.64. The number of hydrogen-bond donors (Lipinski definition) is 9. The molecule has 2 aliphatic rings. The van der Waals surface area contributed by atoms with E-state index in [9.17, 15) is 35.2 Å². The molecule has 0 aromatic heterocycles. The maximum atomic E-state index is 10.9. The number of aliphatic hydroxyl groups excluding tert-OH is 7. The summed E-state index contributed by atoms with van der Waals surface area (Å²) in [5.41, 5.74) is 0. The monoisotopic (exact) mass is 422 g/mol. The molecule has 15 heteroatoms. The number of hydrogen-bond acceptors (Lipinski definition) is 12. The Morgan fingerprint density at radius 2 is 1.26 bits per heavy atom. The van der Waals surface area contributed by atoms with E-state index >= 15 is 0 Å². The number of phosphoric ester groups is 1. The second-order valence-corrected chi connectivity index (χ2v) is 7.29. The van der Waals surface area contributed by atoms with Crippen LogP contribution in [-0.4, -0.2) is 120 Å². The molecular weight excluding hydrogens is 399 g/mol. The number of aliphatic hydroxyl groups is 7. The van der Waals surface area contributed by atoms with Gasteiger partial charge in [-0.3, -0.25) is 4.52 Å². The molecule has 0 aromatic carbocycles. The van der Waals surface area contributed by atoms with E-state index in [0.29, 0.717) is 0 Å². The summed E-state index contributed by atoms with van der Waals surface area (Å²) < 4.78 is 30.4. The van der Waals surface area contributed by atoms with Crippen LogP contribution in [-0.2, 0) is 23.3 Å². The topological polar surface area (TPSA) is 236 Å². The molecule has 0 saturated carbocycles. The van der Waals surface area contributed by atoms with Crippen molar-refractivity contribution in [1.29, 1.82) is 0 Å². The molecule has 0 aromatic rings. The van der Waals surface area contributed by atoms with Gasteiger partial charge in [-0.1, -0.05) is 0 Å². The zero-order valence-corrected chi connectivity index (χ0v) is 14.6. The largest absolute Gasteiger partial charge is 0.472 e. The first kappa shape index (κ1) is 23.0. The summed E-state index contributed by atoms with van der Waals surface area (Å²) in [4.78, 5) is 17.6. The summed E-state index contributed by atoms with van der Waals surface area (Å²) in [6.45, 7) is -1.59. The number of ether oxygens (including phenoxy) is 3. The lowest BCUT2D eigenvalue weighted by molar-refractivity contribution is -0.353. The van der Waals surface area contributed by atoms with Gasteiger partial charge < -0.3 is 59.7 Å². The fraction of sp³-hybridized carbons (Fsp3) is 1.00. The smallest absolute Gasteiger partial charge is 0.394 e. The minimum absolute atomic E-state index is 0.737. The molecule has 10 atom stereocenters. The van der Waals surface area contributed by atoms with Gasteiger partial charge in [-0.05, 0) is 0 Å². The molecule has 0 radical (unpaired) electrons. The fourth-order valence-corrected chi connectivity index (χ4v) is 3.22. The summed E-state index contributed by atoms with van der Waals surface area (Å²) in [5.74, 6) is 0. The average molecular weight is 422 g/mol. The summed E-state index contributed by atoms with van der Waals surface area (Å²) in [6.07, 6.45) is -17.3. The van der Waals surface area contributed by atoms with Gasteiger partial charge in [0, 0.05) is 0 Å². The second-order valence-electron chi connectivity index (χ2n) is 6.10. The zero-order chi connectivity index (χ0) is 20.5. The third-order valence-corrected chi connectivity index (χ3v) is 4.68. The minimum Gasteiger partial charge on any atom is -0.394 e. The summed E-state index contributed by atoms with van der Waals surface area (Å²) >= 11 is 0. The molecule has 0 amide bonds. The van der Waals surface area contributed by atoms with Crippen molar-refractivity contribution in [3.05, 3.63) is 0 Å². The van der Waals surface area contributed by atoms with Gasteiger partial charge in [0.25, 0.3) is 0 Å². The van der Waals surface area contributed by atoms with Crippen molar-refractivity contribution in [3.8, 4) is 0 Å². The van der Waals surface area contributed by atoms with E-state index in [-0.39, 0.29) is 0 Å². The molecule has 2 heterocycles. The molecule has 0 spiro atoms. The van der Waals surface area contributed by atoms with Gasteiger partial charge in [-0.15, -0.1) is 0 Å². The minimum atomic E-state index is -5.10. The normalized spacial score (nSPS) is 46.4. The van der Waals surface area contributed by atoms with Gasteiger partial charge in [0.15, 0.2) is 12.6 Å². The van der Waals surface area contributed by atoms with Crippen molar-refractivity contribution in [1.82, 2.24) is 0 Å². The average Bonchev–Trinajstić information content (AvgIpc) is 2.60. The molecule has 2 saturated heterocycles. The molecular formula is C12H23O14P. The van der Waals surface area contributed by atoms with Crippen LogP contribution in [0.1, 0.15) is 0 Å². The van der Waals surface area contributed by atoms with Crippen molar-refractivity contribution in [2.24, 2.45) is 0 Å². The Kier molecular flexibility index (Phi) is 7.68. The van der Waals surface area contributed by atoms with Crippen LogP contribution in [0.5, 0.6) is 0 Å². The molecule has 0 aliphatic carbocycles. The van der Waals surface area contributed by atoms with Crippen molar-refractivity contribution < 1.29 is 68.8 Å². The Labute approximate surface area is 152 Å². The van der Waals surface area contributed by atoms with Crippen molar-refractivity contribution in [2.45, 2.75) is 61.4 Å². The highest BCUT2D eigenvalue weighted by molar-refractivity contribution is 7.46. The first-order valence-corrected chi connectivity index (χ1v) is 9.35. The Hall–Kier alpha value is -0.290. The van der Waals surface area contributed by atoms with E-state index in [4.69, 9.17) is 29.1 Å². The third-order valence-electron chi connectivity index (χ3n) is 4.20. The fourth-order valence-electron chi connectivity index (χ4n) is 2.78. The van der Waals surface area contributed by atoms with Gasteiger partial charge >= 0.3 is 7.82 Å². The van der Waals surface area contributed by atoms with Gasteiger partial charge in [0.05, 0.1) is 13.2 Å². The van der Waals surface area contributed by atoms with E-state index in [1.54, 1.807) is 0 Å². The number of rotatable bonds is 6. The lowest BCUT2D eigenvalue weighted by atomic mass is 9.97. The van der Waals surface area contributed by atoms with Crippen LogP contribution in [0.4, 0.5) is 0 Å². The molecule has 160 valence electrons. The van der Waals surface area contributed by atoms with Crippen LogP contribution < -0.4 is 0 Å². The predicted molar refractivity (Wildman–Crippen MR) is 79.5 cm³/mol. The first-order chi connectivity index (χ1) is 12.5. The van der Waals surface area contributed by atoms with Crippen LogP contribution in [0.3, 0.4) is 0 Å². The summed E-state index contributed by atoms with van der Waals surface area (Å²) in [6, 6.07) is 0. The molecule has 0 bridgehead atoms. The molecule has 0 unspecified atom stereocenters. The molecule has 2 aliphatic heterocycles.